The fraction of sp³-hybridized carbons (Fsp3) is 0.778. The molecule has 2 unspecified atom stereocenters. The Hall–Kier alpha value is 0.308. The molecule has 0 saturated carbocycles. The Morgan fingerprint density at radius 2 is 1.59 bits per heavy atom. The van der Waals surface area contributed by atoms with Gasteiger partial charge in [-0.25, -0.2) is 0 Å². The molecule has 0 amide bonds. The number of halogens is 6. The summed E-state index contributed by atoms with van der Waals surface area (Å²) in [6.45, 7) is 4.41. The molecule has 0 aromatic carbocycles. The van der Waals surface area contributed by atoms with Gasteiger partial charge < -0.3 is 0 Å². The van der Waals surface area contributed by atoms with Crippen LogP contribution < -0.4 is 0 Å². The van der Waals surface area contributed by atoms with E-state index in [9.17, 15) is 16.9 Å². The molecule has 1 rings (SSSR count). The Kier molecular flexibility index (Phi) is 5.22. The molecule has 0 aromatic heterocycles. The van der Waals surface area contributed by atoms with Gasteiger partial charge in [-0.05, 0) is 11.7 Å². The molecule has 1 heterocycles. The molecule has 0 spiro atoms. The third kappa shape index (κ3) is 16.3. The number of hydrogen-bond donors (Lipinski definition) is 0. The summed E-state index contributed by atoms with van der Waals surface area (Å²) in [5, 5.41) is 0. The zero-order valence-electron chi connectivity index (χ0n) is 9.40. The van der Waals surface area contributed by atoms with Crippen molar-refractivity contribution in [2.75, 3.05) is 11.5 Å². The molecular weight excluding hydrogens is 376 g/mol. The van der Waals surface area contributed by atoms with Gasteiger partial charge in [-0.15, -0.1) is 5.92 Å². The molecule has 0 bridgehead atoms. The first-order chi connectivity index (χ1) is 7.29. The van der Waals surface area contributed by atoms with Crippen LogP contribution in [0.5, 0.6) is 0 Å². The zero-order valence-corrected chi connectivity index (χ0v) is 12.8. The first-order valence-corrected chi connectivity index (χ1v) is 11.9. The molecule has 17 heavy (non-hydrogen) atoms. The minimum absolute atomic E-state index is 0.685. The van der Waals surface area contributed by atoms with Crippen LogP contribution in [-0.2, 0) is 0 Å². The molecule has 0 aliphatic carbocycles. The molecule has 2 atom stereocenters. The van der Waals surface area contributed by atoms with E-state index in [0.717, 1.165) is 12.3 Å². The van der Waals surface area contributed by atoms with Crippen molar-refractivity contribution in [3.05, 3.63) is 0 Å². The Morgan fingerprint density at radius 1 is 1.12 bits per heavy atom. The van der Waals surface area contributed by atoms with Crippen molar-refractivity contribution in [1.82, 2.24) is 0 Å². The van der Waals surface area contributed by atoms with E-state index >= 15 is 0 Å². The second kappa shape index (κ2) is 5.12. The molecular formula is C9H14F6SSb-. The van der Waals surface area contributed by atoms with Crippen LogP contribution in [0.1, 0.15) is 20.3 Å². The van der Waals surface area contributed by atoms with Gasteiger partial charge in [0.15, 0.2) is 0 Å². The molecule has 0 radical (unpaired) electrons. The summed E-state index contributed by atoms with van der Waals surface area (Å²) in [6, 6.07) is 0. The zero-order chi connectivity index (χ0) is 13.8. The fourth-order valence-corrected chi connectivity index (χ4v) is 2.48. The number of hydrogen-bond acceptors (Lipinski definition) is 1. The summed E-state index contributed by atoms with van der Waals surface area (Å²) < 4.78 is 59.6. The predicted octanol–water partition coefficient (Wildman–Crippen LogP) is 4.54. The van der Waals surface area contributed by atoms with Crippen molar-refractivity contribution in [3.63, 3.8) is 0 Å². The third-order valence-electron chi connectivity index (χ3n) is 1.83. The summed E-state index contributed by atoms with van der Waals surface area (Å²) in [5.41, 5.74) is 0. The fourth-order valence-electron chi connectivity index (χ4n) is 1.08. The maximum atomic E-state index is 9.93. The summed E-state index contributed by atoms with van der Waals surface area (Å²) >= 11 is -9.21. The number of rotatable bonds is 0. The molecule has 1 aliphatic rings. The molecule has 8 heteroatoms. The monoisotopic (exact) mass is 389 g/mol. The molecule has 0 aromatic rings. The first kappa shape index (κ1) is 17.3. The Labute approximate surface area is 103 Å². The first-order valence-electron chi connectivity index (χ1n) is 4.92. The van der Waals surface area contributed by atoms with Gasteiger partial charge in [-0.3, -0.25) is 0 Å². The Bertz CT molecular complexity index is 299. The van der Waals surface area contributed by atoms with Crippen molar-refractivity contribution >= 4 is 31.2 Å². The average molecular weight is 390 g/mol. The maximum absolute atomic E-state index is 11.2. The van der Waals surface area contributed by atoms with Gasteiger partial charge in [0.05, 0.1) is 0 Å². The predicted molar refractivity (Wildman–Crippen MR) is 60.4 cm³/mol. The topological polar surface area (TPSA) is 0 Å². The summed E-state index contributed by atoms with van der Waals surface area (Å²) in [6.07, 6.45) is 1.01. The Balaban J connectivity index is 0.000000325. The second-order valence-electron chi connectivity index (χ2n) is 3.75. The van der Waals surface area contributed by atoms with E-state index < -0.39 is 19.5 Å². The van der Waals surface area contributed by atoms with Gasteiger partial charge in [0.2, 0.25) is 0 Å². The van der Waals surface area contributed by atoms with Gasteiger partial charge in [-0.1, -0.05) is 19.8 Å². The normalized spacial score (nSPS) is 28.0. The van der Waals surface area contributed by atoms with Crippen LogP contribution >= 0.6 is 11.8 Å². The average Bonchev–Trinajstić information content (AvgIpc) is 2.42. The van der Waals surface area contributed by atoms with Gasteiger partial charge in [0, 0.05) is 18.1 Å². The van der Waals surface area contributed by atoms with E-state index in [1.807, 2.05) is 11.8 Å². The standard InChI is InChI=1S/C9H14S.6FH.Sb/c1-3-4-5-9-7-10-6-8(9)2;;;;;;;/h8-9H,3,6-7H2,1-2H3;6*1H;/q;;;;;;;+5/p-6. The van der Waals surface area contributed by atoms with E-state index in [1.165, 1.54) is 11.5 Å². The van der Waals surface area contributed by atoms with Gasteiger partial charge in [0.25, 0.3) is 0 Å². The van der Waals surface area contributed by atoms with Crippen molar-refractivity contribution in [3.8, 4) is 11.8 Å². The van der Waals surface area contributed by atoms with Gasteiger partial charge in [-0.2, -0.15) is 11.8 Å². The van der Waals surface area contributed by atoms with Gasteiger partial charge >= 0.3 is 36.4 Å². The quantitative estimate of drug-likeness (QED) is 0.333. The van der Waals surface area contributed by atoms with Crippen molar-refractivity contribution in [2.45, 2.75) is 20.3 Å². The molecule has 1 aliphatic heterocycles. The summed E-state index contributed by atoms with van der Waals surface area (Å²) in [7, 11) is 0. The molecule has 1 saturated heterocycles. The van der Waals surface area contributed by atoms with E-state index in [2.05, 4.69) is 25.7 Å². The SMILES string of the molecule is CCC#CC1CSCC1C.[F][Sb-]([F])([F])([F])([F])[F]. The van der Waals surface area contributed by atoms with Crippen LogP contribution in [-0.4, -0.2) is 31.0 Å². The summed E-state index contributed by atoms with van der Waals surface area (Å²) in [5.74, 6) is 10.5. The van der Waals surface area contributed by atoms with Crippen LogP contribution in [0, 0.1) is 23.7 Å². The summed E-state index contributed by atoms with van der Waals surface area (Å²) in [4.78, 5) is 0. The molecule has 0 N–H and O–H groups in total. The van der Waals surface area contributed by atoms with Gasteiger partial charge in [0.1, 0.15) is 0 Å². The van der Waals surface area contributed by atoms with Crippen LogP contribution in [0.2, 0.25) is 0 Å². The van der Waals surface area contributed by atoms with E-state index in [0.29, 0.717) is 5.92 Å². The van der Waals surface area contributed by atoms with Crippen molar-refractivity contribution < 1.29 is 16.9 Å². The van der Waals surface area contributed by atoms with Crippen LogP contribution in [0.25, 0.3) is 0 Å². The third-order valence-corrected chi connectivity index (χ3v) is 3.19. The van der Waals surface area contributed by atoms with Crippen molar-refractivity contribution in [2.24, 2.45) is 11.8 Å². The van der Waals surface area contributed by atoms with Crippen LogP contribution in [0.3, 0.4) is 0 Å². The van der Waals surface area contributed by atoms with Crippen LogP contribution in [0.15, 0.2) is 0 Å². The van der Waals surface area contributed by atoms with E-state index in [-0.39, 0.29) is 0 Å². The number of thioether (sulfide) groups is 1. The molecule has 104 valence electrons. The molecule has 1 fully saturated rings. The second-order valence-corrected chi connectivity index (χ2v) is 10.3. The van der Waals surface area contributed by atoms with E-state index in [1.54, 1.807) is 0 Å². The van der Waals surface area contributed by atoms with E-state index in [4.69, 9.17) is 0 Å². The molecule has 0 nitrogen and oxygen atoms in total. The van der Waals surface area contributed by atoms with Crippen molar-refractivity contribution in [1.29, 1.82) is 0 Å². The van der Waals surface area contributed by atoms with Crippen LogP contribution in [0.4, 0.5) is 16.9 Å². The minimum atomic E-state index is -11.2. The Morgan fingerprint density at radius 3 is 1.88 bits per heavy atom.